The Morgan fingerprint density at radius 3 is 1.77 bits per heavy atom. The molecule has 0 saturated carbocycles. The SMILES string of the molecule is CCc1c(O)c(C)c(C)c(O)c1O. The topological polar surface area (TPSA) is 60.7 Å². The minimum Gasteiger partial charge on any atom is -0.507 e. The summed E-state index contributed by atoms with van der Waals surface area (Å²) in [4.78, 5) is 0. The van der Waals surface area contributed by atoms with Gasteiger partial charge in [0.25, 0.3) is 0 Å². The molecule has 1 rings (SSSR count). The zero-order valence-electron chi connectivity index (χ0n) is 8.05. The molecule has 0 radical (unpaired) electrons. The van der Waals surface area contributed by atoms with Crippen molar-refractivity contribution in [2.45, 2.75) is 27.2 Å². The van der Waals surface area contributed by atoms with Gasteiger partial charge in [0.05, 0.1) is 0 Å². The van der Waals surface area contributed by atoms with Gasteiger partial charge < -0.3 is 15.3 Å². The van der Waals surface area contributed by atoms with Gasteiger partial charge in [0.15, 0.2) is 11.5 Å². The molecule has 0 spiro atoms. The highest BCUT2D eigenvalue weighted by atomic mass is 16.3. The van der Waals surface area contributed by atoms with Crippen LogP contribution in [-0.2, 0) is 6.42 Å². The fourth-order valence-corrected chi connectivity index (χ4v) is 1.35. The highest BCUT2D eigenvalue weighted by Crippen LogP contribution is 2.41. The summed E-state index contributed by atoms with van der Waals surface area (Å²) in [5.74, 6) is -0.259. The summed E-state index contributed by atoms with van der Waals surface area (Å²) in [7, 11) is 0. The second-order valence-electron chi connectivity index (χ2n) is 3.13. The molecule has 0 aliphatic rings. The Morgan fingerprint density at radius 2 is 1.31 bits per heavy atom. The fraction of sp³-hybridized carbons (Fsp3) is 0.400. The average molecular weight is 182 g/mol. The van der Waals surface area contributed by atoms with Crippen LogP contribution in [0.5, 0.6) is 17.2 Å². The monoisotopic (exact) mass is 182 g/mol. The largest absolute Gasteiger partial charge is 0.507 e. The Bertz CT molecular complexity index is 314. The molecule has 72 valence electrons. The van der Waals surface area contributed by atoms with Gasteiger partial charge in [-0.15, -0.1) is 0 Å². The highest BCUT2D eigenvalue weighted by Gasteiger charge is 2.16. The van der Waals surface area contributed by atoms with E-state index in [1.54, 1.807) is 13.8 Å². The number of phenolic OH excluding ortho intramolecular Hbond substituents is 3. The predicted molar refractivity (Wildman–Crippen MR) is 50.3 cm³/mol. The maximum Gasteiger partial charge on any atom is 0.164 e. The zero-order chi connectivity index (χ0) is 10.2. The second kappa shape index (κ2) is 3.17. The number of hydrogen-bond acceptors (Lipinski definition) is 3. The Balaban J connectivity index is 3.56. The van der Waals surface area contributed by atoms with E-state index in [4.69, 9.17) is 0 Å². The maximum absolute atomic E-state index is 9.61. The van der Waals surface area contributed by atoms with Crippen molar-refractivity contribution in [1.29, 1.82) is 0 Å². The van der Waals surface area contributed by atoms with Crippen LogP contribution in [0.1, 0.15) is 23.6 Å². The molecule has 13 heavy (non-hydrogen) atoms. The van der Waals surface area contributed by atoms with E-state index in [0.717, 1.165) is 0 Å². The normalized spacial score (nSPS) is 10.4. The molecule has 0 atom stereocenters. The average Bonchev–Trinajstić information content (AvgIpc) is 2.13. The summed E-state index contributed by atoms with van der Waals surface area (Å²) in [5, 5.41) is 28.5. The summed E-state index contributed by atoms with van der Waals surface area (Å²) in [6.45, 7) is 5.18. The smallest absolute Gasteiger partial charge is 0.164 e. The van der Waals surface area contributed by atoms with Crippen LogP contribution in [0, 0.1) is 13.8 Å². The Labute approximate surface area is 77.3 Å². The number of benzene rings is 1. The second-order valence-corrected chi connectivity index (χ2v) is 3.13. The molecule has 3 N–H and O–H groups in total. The van der Waals surface area contributed by atoms with Gasteiger partial charge in [0.2, 0.25) is 0 Å². The third-order valence-corrected chi connectivity index (χ3v) is 2.42. The van der Waals surface area contributed by atoms with Crippen molar-refractivity contribution < 1.29 is 15.3 Å². The van der Waals surface area contributed by atoms with Crippen LogP contribution in [0.3, 0.4) is 0 Å². The van der Waals surface area contributed by atoms with Crippen molar-refractivity contribution in [3.05, 3.63) is 16.7 Å². The molecule has 1 aromatic carbocycles. The van der Waals surface area contributed by atoms with Crippen molar-refractivity contribution in [2.24, 2.45) is 0 Å². The highest BCUT2D eigenvalue weighted by molar-refractivity contribution is 5.60. The minimum absolute atomic E-state index is 0.0790. The number of rotatable bonds is 1. The molecule has 0 unspecified atom stereocenters. The van der Waals surface area contributed by atoms with Gasteiger partial charge >= 0.3 is 0 Å². The molecule has 0 aliphatic carbocycles. The van der Waals surface area contributed by atoms with Crippen LogP contribution in [-0.4, -0.2) is 15.3 Å². The summed E-state index contributed by atoms with van der Waals surface area (Å²) < 4.78 is 0. The minimum atomic E-state index is -0.205. The van der Waals surface area contributed by atoms with E-state index in [9.17, 15) is 15.3 Å². The summed E-state index contributed by atoms with van der Waals surface area (Å²) in [6, 6.07) is 0. The molecule has 0 aliphatic heterocycles. The van der Waals surface area contributed by atoms with Gasteiger partial charge in [-0.2, -0.15) is 0 Å². The molecule has 0 bridgehead atoms. The van der Waals surface area contributed by atoms with Crippen LogP contribution >= 0.6 is 0 Å². The Hall–Kier alpha value is -1.38. The molecular formula is C10H14O3. The molecule has 0 heterocycles. The fourth-order valence-electron chi connectivity index (χ4n) is 1.35. The molecule has 0 amide bonds. The number of phenols is 3. The van der Waals surface area contributed by atoms with Crippen LogP contribution in [0.2, 0.25) is 0 Å². The molecular weight excluding hydrogens is 168 g/mol. The van der Waals surface area contributed by atoms with E-state index in [1.165, 1.54) is 0 Å². The summed E-state index contributed by atoms with van der Waals surface area (Å²) in [5.41, 5.74) is 1.54. The van der Waals surface area contributed by atoms with Crippen LogP contribution in [0.4, 0.5) is 0 Å². The first-order valence-electron chi connectivity index (χ1n) is 4.23. The molecule has 1 aromatic rings. The third-order valence-electron chi connectivity index (χ3n) is 2.42. The lowest BCUT2D eigenvalue weighted by atomic mass is 10.0. The van der Waals surface area contributed by atoms with Crippen LogP contribution in [0.25, 0.3) is 0 Å². The number of aromatic hydroxyl groups is 3. The Kier molecular flexibility index (Phi) is 2.36. The van der Waals surface area contributed by atoms with E-state index in [0.29, 0.717) is 23.1 Å². The van der Waals surface area contributed by atoms with Crippen molar-refractivity contribution in [3.63, 3.8) is 0 Å². The molecule has 0 fully saturated rings. The first-order chi connectivity index (χ1) is 6.00. The van der Waals surface area contributed by atoms with Gasteiger partial charge in [-0.05, 0) is 25.8 Å². The van der Waals surface area contributed by atoms with Crippen LogP contribution in [0.15, 0.2) is 0 Å². The van der Waals surface area contributed by atoms with Crippen molar-refractivity contribution in [1.82, 2.24) is 0 Å². The summed E-state index contributed by atoms with van der Waals surface area (Å²) in [6.07, 6.45) is 0.492. The molecule has 3 nitrogen and oxygen atoms in total. The lowest BCUT2D eigenvalue weighted by Crippen LogP contribution is -1.91. The van der Waals surface area contributed by atoms with Gasteiger partial charge in [-0.3, -0.25) is 0 Å². The predicted octanol–water partition coefficient (Wildman–Crippen LogP) is 1.98. The first-order valence-corrected chi connectivity index (χ1v) is 4.23. The third kappa shape index (κ3) is 1.30. The van der Waals surface area contributed by atoms with Crippen molar-refractivity contribution >= 4 is 0 Å². The van der Waals surface area contributed by atoms with Gasteiger partial charge in [0.1, 0.15) is 5.75 Å². The van der Waals surface area contributed by atoms with E-state index < -0.39 is 0 Å². The lowest BCUT2D eigenvalue weighted by Gasteiger charge is -2.12. The quantitative estimate of drug-likeness (QED) is 0.459. The Morgan fingerprint density at radius 1 is 0.846 bits per heavy atom. The van der Waals surface area contributed by atoms with Gasteiger partial charge in [0, 0.05) is 11.1 Å². The van der Waals surface area contributed by atoms with Gasteiger partial charge in [-0.1, -0.05) is 6.92 Å². The lowest BCUT2D eigenvalue weighted by molar-refractivity contribution is 0.386. The zero-order valence-corrected chi connectivity index (χ0v) is 8.05. The van der Waals surface area contributed by atoms with Crippen molar-refractivity contribution in [2.75, 3.05) is 0 Å². The maximum atomic E-state index is 9.61. The van der Waals surface area contributed by atoms with E-state index in [-0.39, 0.29) is 17.2 Å². The molecule has 3 heteroatoms. The standard InChI is InChI=1S/C10H14O3/c1-4-7-8(11)5(2)6(3)9(12)10(7)13/h11-13H,4H2,1-3H3. The first kappa shape index (κ1) is 9.71. The van der Waals surface area contributed by atoms with Crippen molar-refractivity contribution in [3.8, 4) is 17.2 Å². The molecule has 0 saturated heterocycles. The summed E-state index contributed by atoms with van der Waals surface area (Å²) >= 11 is 0. The van der Waals surface area contributed by atoms with E-state index >= 15 is 0 Å². The van der Waals surface area contributed by atoms with Gasteiger partial charge in [-0.25, -0.2) is 0 Å². The number of hydrogen-bond donors (Lipinski definition) is 3. The van der Waals surface area contributed by atoms with Crippen LogP contribution < -0.4 is 0 Å². The molecule has 0 aromatic heterocycles. The van der Waals surface area contributed by atoms with E-state index in [2.05, 4.69) is 0 Å². The van der Waals surface area contributed by atoms with E-state index in [1.807, 2.05) is 6.92 Å².